The maximum absolute atomic E-state index is 12.9. The number of hydrogen-bond acceptors (Lipinski definition) is 5. The third-order valence-electron chi connectivity index (χ3n) is 3.96. The molecule has 0 spiro atoms. The number of ether oxygens (including phenoxy) is 1. The van der Waals surface area contributed by atoms with Gasteiger partial charge in [0, 0.05) is 30.1 Å². The number of H-pyrrole nitrogens is 1. The van der Waals surface area contributed by atoms with Gasteiger partial charge in [-0.15, -0.1) is 0 Å². The van der Waals surface area contributed by atoms with Crippen molar-refractivity contribution >= 4 is 26.9 Å². The first-order valence-corrected chi connectivity index (χ1v) is 9.62. The van der Waals surface area contributed by atoms with E-state index in [1.54, 1.807) is 39.0 Å². The fraction of sp³-hybridized carbons (Fsp3) is 0.412. The molecule has 3 rings (SSSR count). The molecule has 0 aliphatic carbocycles. The van der Waals surface area contributed by atoms with Gasteiger partial charge in [0.15, 0.2) is 0 Å². The Hall–Kier alpha value is -2.39. The van der Waals surface area contributed by atoms with Gasteiger partial charge in [0.1, 0.15) is 5.60 Å². The Morgan fingerprint density at radius 2 is 1.92 bits per heavy atom. The van der Waals surface area contributed by atoms with Crippen LogP contribution in [0.5, 0.6) is 0 Å². The first-order valence-electron chi connectivity index (χ1n) is 8.18. The van der Waals surface area contributed by atoms with Gasteiger partial charge in [0.25, 0.3) is 5.56 Å². The van der Waals surface area contributed by atoms with E-state index < -0.39 is 21.7 Å². The zero-order valence-electron chi connectivity index (χ0n) is 14.8. The lowest BCUT2D eigenvalue weighted by molar-refractivity contribution is 0.0459. The molecule has 26 heavy (non-hydrogen) atoms. The number of amides is 1. The molecule has 1 fully saturated rings. The van der Waals surface area contributed by atoms with Gasteiger partial charge in [-0.1, -0.05) is 6.07 Å². The van der Waals surface area contributed by atoms with Crippen LogP contribution in [0.15, 0.2) is 40.2 Å². The summed E-state index contributed by atoms with van der Waals surface area (Å²) in [7, 11) is -3.76. The fourth-order valence-electron chi connectivity index (χ4n) is 2.76. The quantitative estimate of drug-likeness (QED) is 0.838. The van der Waals surface area contributed by atoms with Crippen LogP contribution in [0.1, 0.15) is 20.8 Å². The molecule has 2 heterocycles. The summed E-state index contributed by atoms with van der Waals surface area (Å²) >= 11 is 0. The molecule has 1 saturated heterocycles. The number of alkyl carbamates (subject to hydrolysis) is 1. The van der Waals surface area contributed by atoms with E-state index >= 15 is 0 Å². The Morgan fingerprint density at radius 3 is 2.58 bits per heavy atom. The summed E-state index contributed by atoms with van der Waals surface area (Å²) in [5.41, 5.74) is -0.956. The zero-order valence-corrected chi connectivity index (χ0v) is 15.6. The number of carbonyl (C=O) groups is 1. The minimum absolute atomic E-state index is 0.0804. The lowest BCUT2D eigenvalue weighted by Crippen LogP contribution is -2.61. The molecular formula is C17H21N3O5S. The summed E-state index contributed by atoms with van der Waals surface area (Å²) in [6.45, 7) is 5.58. The first kappa shape index (κ1) is 18.4. The lowest BCUT2D eigenvalue weighted by atomic mass is 10.2. The molecule has 8 nitrogen and oxygen atoms in total. The maximum Gasteiger partial charge on any atom is 0.407 e. The molecule has 0 atom stereocenters. The monoisotopic (exact) mass is 379 g/mol. The molecule has 2 N–H and O–H groups in total. The molecule has 0 radical (unpaired) electrons. The van der Waals surface area contributed by atoms with Crippen molar-refractivity contribution < 1.29 is 17.9 Å². The van der Waals surface area contributed by atoms with E-state index in [2.05, 4.69) is 10.3 Å². The highest BCUT2D eigenvalue weighted by Crippen LogP contribution is 2.27. The van der Waals surface area contributed by atoms with Crippen molar-refractivity contribution in [2.45, 2.75) is 37.3 Å². The summed E-state index contributed by atoms with van der Waals surface area (Å²) < 4.78 is 32.2. The van der Waals surface area contributed by atoms with Gasteiger partial charge >= 0.3 is 6.09 Å². The second-order valence-electron chi connectivity index (χ2n) is 7.19. The minimum Gasteiger partial charge on any atom is -0.444 e. The molecule has 140 valence electrons. The number of sulfonamides is 1. The van der Waals surface area contributed by atoms with Gasteiger partial charge in [0.05, 0.1) is 10.9 Å². The molecule has 0 saturated carbocycles. The number of benzene rings is 1. The van der Waals surface area contributed by atoms with Crippen LogP contribution in [0, 0.1) is 0 Å². The van der Waals surface area contributed by atoms with E-state index in [1.165, 1.54) is 16.6 Å². The van der Waals surface area contributed by atoms with Crippen LogP contribution in [0.3, 0.4) is 0 Å². The third-order valence-corrected chi connectivity index (χ3v) is 5.85. The van der Waals surface area contributed by atoms with Crippen molar-refractivity contribution in [2.24, 2.45) is 0 Å². The standard InChI is InChI=1S/C17H21N3O5S/c1-17(2,3)25-16(22)19-11-9-20(10-11)26(23,24)14-6-4-5-13-12(14)7-8-18-15(13)21/h4-8,11H,9-10H2,1-3H3,(H,18,21)(H,19,22). The first-order chi connectivity index (χ1) is 12.1. The number of rotatable bonds is 3. The molecule has 9 heteroatoms. The van der Waals surface area contributed by atoms with Crippen LogP contribution in [-0.4, -0.2) is 48.5 Å². The normalized spacial score (nSPS) is 16.3. The van der Waals surface area contributed by atoms with Gasteiger partial charge in [-0.25, -0.2) is 13.2 Å². The van der Waals surface area contributed by atoms with Crippen molar-refractivity contribution in [3.05, 3.63) is 40.8 Å². The molecule has 1 aliphatic heterocycles. The highest BCUT2D eigenvalue weighted by Gasteiger charge is 2.38. The van der Waals surface area contributed by atoms with E-state index in [0.717, 1.165) is 0 Å². The molecule has 1 amide bonds. The predicted molar refractivity (Wildman–Crippen MR) is 96.5 cm³/mol. The molecule has 0 unspecified atom stereocenters. The van der Waals surface area contributed by atoms with Crippen LogP contribution in [0.2, 0.25) is 0 Å². The number of aromatic nitrogens is 1. The summed E-state index contributed by atoms with van der Waals surface area (Å²) in [4.78, 5) is 26.2. The number of aromatic amines is 1. The van der Waals surface area contributed by atoms with Crippen molar-refractivity contribution in [3.8, 4) is 0 Å². The largest absolute Gasteiger partial charge is 0.444 e. The number of nitrogens with zero attached hydrogens (tertiary/aromatic N) is 1. The van der Waals surface area contributed by atoms with Crippen molar-refractivity contribution in [3.63, 3.8) is 0 Å². The van der Waals surface area contributed by atoms with Gasteiger partial charge in [-0.2, -0.15) is 4.31 Å². The van der Waals surface area contributed by atoms with Gasteiger partial charge in [0.2, 0.25) is 10.0 Å². The zero-order chi connectivity index (χ0) is 19.1. The second kappa shape index (κ2) is 6.40. The second-order valence-corrected chi connectivity index (χ2v) is 9.10. The van der Waals surface area contributed by atoms with Gasteiger partial charge in [-0.3, -0.25) is 4.79 Å². The SMILES string of the molecule is CC(C)(C)OC(=O)NC1CN(S(=O)(=O)c2cccc3c(=O)[nH]ccc23)C1. The van der Waals surface area contributed by atoms with E-state index in [4.69, 9.17) is 4.74 Å². The predicted octanol–water partition coefficient (Wildman–Crippen LogP) is 1.43. The van der Waals surface area contributed by atoms with Crippen molar-refractivity contribution in [2.75, 3.05) is 13.1 Å². The Balaban J connectivity index is 1.75. The van der Waals surface area contributed by atoms with Crippen LogP contribution < -0.4 is 10.9 Å². The molecule has 1 aliphatic rings. The number of nitrogens with one attached hydrogen (secondary N) is 2. The summed E-state index contributed by atoms with van der Waals surface area (Å²) in [5, 5.41) is 3.34. The number of hydrogen-bond donors (Lipinski definition) is 2. The van der Waals surface area contributed by atoms with E-state index in [-0.39, 0.29) is 29.6 Å². The average molecular weight is 379 g/mol. The molecule has 0 bridgehead atoms. The molecular weight excluding hydrogens is 358 g/mol. The lowest BCUT2D eigenvalue weighted by Gasteiger charge is -2.38. The van der Waals surface area contributed by atoms with Crippen molar-refractivity contribution in [1.29, 1.82) is 0 Å². The molecule has 1 aromatic heterocycles. The molecule has 2 aromatic rings. The number of carbonyl (C=O) groups excluding carboxylic acids is 1. The third kappa shape index (κ3) is 3.58. The summed E-state index contributed by atoms with van der Waals surface area (Å²) in [6.07, 6.45) is 0.850. The Labute approximate surface area is 151 Å². The Kier molecular flexibility index (Phi) is 4.53. The fourth-order valence-corrected chi connectivity index (χ4v) is 4.49. The van der Waals surface area contributed by atoms with Crippen molar-refractivity contribution in [1.82, 2.24) is 14.6 Å². The Morgan fingerprint density at radius 1 is 1.23 bits per heavy atom. The highest BCUT2D eigenvalue weighted by atomic mass is 32.2. The number of pyridine rings is 1. The highest BCUT2D eigenvalue weighted by molar-refractivity contribution is 7.89. The van der Waals surface area contributed by atoms with Crippen LogP contribution in [0.25, 0.3) is 10.8 Å². The van der Waals surface area contributed by atoms with E-state index in [1.807, 2.05) is 0 Å². The average Bonchev–Trinajstić information content (AvgIpc) is 2.48. The van der Waals surface area contributed by atoms with Crippen LogP contribution in [0.4, 0.5) is 4.79 Å². The van der Waals surface area contributed by atoms with Gasteiger partial charge in [-0.05, 0) is 39.0 Å². The summed E-state index contributed by atoms with van der Waals surface area (Å²) in [6, 6.07) is 5.86. The summed E-state index contributed by atoms with van der Waals surface area (Å²) in [5.74, 6) is 0. The maximum atomic E-state index is 12.9. The van der Waals surface area contributed by atoms with Crippen LogP contribution in [-0.2, 0) is 14.8 Å². The van der Waals surface area contributed by atoms with E-state index in [9.17, 15) is 18.0 Å². The molecule has 1 aromatic carbocycles. The smallest absolute Gasteiger partial charge is 0.407 e. The van der Waals surface area contributed by atoms with E-state index in [0.29, 0.717) is 10.8 Å². The topological polar surface area (TPSA) is 109 Å². The van der Waals surface area contributed by atoms with Gasteiger partial charge < -0.3 is 15.0 Å². The number of fused-ring (bicyclic) bond motifs is 1. The van der Waals surface area contributed by atoms with Crippen LogP contribution >= 0.6 is 0 Å². The minimum atomic E-state index is -3.76. The Bertz CT molecular complexity index is 1000.